The van der Waals surface area contributed by atoms with Crippen LogP contribution in [0.2, 0.25) is 0 Å². The van der Waals surface area contributed by atoms with E-state index >= 15 is 0 Å². The van der Waals surface area contributed by atoms with Crippen LogP contribution >= 0.6 is 0 Å². The van der Waals surface area contributed by atoms with Crippen LogP contribution in [-0.2, 0) is 0 Å². The van der Waals surface area contributed by atoms with Crippen LogP contribution in [0.15, 0.2) is 12.2 Å². The van der Waals surface area contributed by atoms with Crippen LogP contribution in [0.1, 0.15) is 13.3 Å². The van der Waals surface area contributed by atoms with Crippen molar-refractivity contribution in [1.82, 2.24) is 0 Å². The lowest BCUT2D eigenvalue weighted by Gasteiger charge is -1.73. The third-order valence-electron chi connectivity index (χ3n) is 0.589. The van der Waals surface area contributed by atoms with E-state index < -0.39 is 0 Å². The molecule has 0 amide bonds. The van der Waals surface area contributed by atoms with E-state index in [-0.39, 0.29) is 6.61 Å². The van der Waals surface area contributed by atoms with Gasteiger partial charge in [-0.05, 0) is 13.0 Å². The Labute approximate surface area is 50.0 Å². The van der Waals surface area contributed by atoms with Crippen LogP contribution in [0.3, 0.4) is 0 Å². The second-order valence-electron chi connectivity index (χ2n) is 1.29. The summed E-state index contributed by atoms with van der Waals surface area (Å²) in [6.45, 7) is 2.07. The van der Waals surface area contributed by atoms with Gasteiger partial charge in [-0.3, -0.25) is 0 Å². The fourth-order valence-corrected chi connectivity index (χ4v) is 0.270. The van der Waals surface area contributed by atoms with Gasteiger partial charge in [-0.1, -0.05) is 17.9 Å². The molecule has 0 bridgehead atoms. The number of rotatable bonds is 1. The van der Waals surface area contributed by atoms with E-state index in [1.807, 2.05) is 13.0 Å². The average Bonchev–Trinajstić information content (AvgIpc) is 1.81. The zero-order valence-corrected chi connectivity index (χ0v) is 5.02. The maximum absolute atomic E-state index is 8.24. The van der Waals surface area contributed by atoms with Crippen molar-refractivity contribution in [2.24, 2.45) is 0 Å². The molecule has 1 nitrogen and oxygen atoms in total. The van der Waals surface area contributed by atoms with Crippen LogP contribution in [0.4, 0.5) is 0 Å². The number of hydrogen-bond acceptors (Lipinski definition) is 1. The highest BCUT2D eigenvalue weighted by Crippen LogP contribution is 1.70. The minimum atomic E-state index is 0.157. The Hall–Kier alpha value is -0.740. The first-order valence-electron chi connectivity index (χ1n) is 2.62. The first-order valence-corrected chi connectivity index (χ1v) is 2.62. The van der Waals surface area contributed by atoms with E-state index in [2.05, 4.69) is 11.8 Å². The third kappa shape index (κ3) is 5.26. The predicted octanol–water partition coefficient (Wildman–Crippen LogP) is 0.948. The van der Waals surface area contributed by atoms with E-state index in [0.717, 1.165) is 0 Å². The monoisotopic (exact) mass is 110 g/mol. The molecule has 0 aliphatic rings. The lowest BCUT2D eigenvalue weighted by Crippen LogP contribution is -1.74. The molecule has 0 fully saturated rings. The number of aliphatic hydroxyl groups excluding tert-OH is 1. The van der Waals surface area contributed by atoms with E-state index in [9.17, 15) is 0 Å². The molecule has 0 rings (SSSR count). The molecular weight excluding hydrogens is 100 g/mol. The quantitative estimate of drug-likeness (QED) is 0.498. The normalized spacial score (nSPS) is 8.75. The zero-order valence-electron chi connectivity index (χ0n) is 5.02. The second-order valence-corrected chi connectivity index (χ2v) is 1.29. The van der Waals surface area contributed by atoms with Crippen molar-refractivity contribution in [2.45, 2.75) is 13.3 Å². The Balaban J connectivity index is 3.21. The highest BCUT2D eigenvalue weighted by molar-refractivity contribution is 5.14. The number of aliphatic hydroxyl groups is 1. The minimum Gasteiger partial charge on any atom is -0.395 e. The Morgan fingerprint density at radius 2 is 2.38 bits per heavy atom. The van der Waals surface area contributed by atoms with Crippen LogP contribution in [0.5, 0.6) is 0 Å². The van der Waals surface area contributed by atoms with Gasteiger partial charge >= 0.3 is 0 Å². The van der Waals surface area contributed by atoms with Gasteiger partial charge in [-0.2, -0.15) is 0 Å². The molecule has 0 aromatic rings. The summed E-state index contributed by atoms with van der Waals surface area (Å²) >= 11 is 0. The van der Waals surface area contributed by atoms with Crippen molar-refractivity contribution in [3.05, 3.63) is 12.2 Å². The van der Waals surface area contributed by atoms with Crippen LogP contribution in [-0.4, -0.2) is 11.7 Å². The molecule has 0 spiro atoms. The summed E-state index contributed by atoms with van der Waals surface area (Å²) in [6.07, 6.45) is 4.20. The highest BCUT2D eigenvalue weighted by atomic mass is 16.2. The Kier molecular flexibility index (Phi) is 5.68. The molecule has 0 aromatic carbocycles. The second kappa shape index (κ2) is 6.26. The highest BCUT2D eigenvalue weighted by Gasteiger charge is 1.66. The van der Waals surface area contributed by atoms with Crippen molar-refractivity contribution in [1.29, 1.82) is 0 Å². The smallest absolute Gasteiger partial charge is 0.0540 e. The summed E-state index contributed by atoms with van der Waals surface area (Å²) in [6, 6.07) is 0. The Morgan fingerprint density at radius 3 is 2.88 bits per heavy atom. The van der Waals surface area contributed by atoms with Gasteiger partial charge in [0.1, 0.15) is 0 Å². The topological polar surface area (TPSA) is 20.2 Å². The molecule has 0 heterocycles. The largest absolute Gasteiger partial charge is 0.395 e. The molecule has 1 N–H and O–H groups in total. The van der Waals surface area contributed by atoms with Gasteiger partial charge in [0.05, 0.1) is 6.61 Å². The van der Waals surface area contributed by atoms with Gasteiger partial charge < -0.3 is 5.11 Å². The van der Waals surface area contributed by atoms with Crippen molar-refractivity contribution in [3.63, 3.8) is 0 Å². The van der Waals surface area contributed by atoms with E-state index in [4.69, 9.17) is 5.11 Å². The molecule has 0 saturated heterocycles. The zero-order chi connectivity index (χ0) is 6.24. The summed E-state index contributed by atoms with van der Waals surface area (Å²) in [5.74, 6) is 5.49. The minimum absolute atomic E-state index is 0.157. The van der Waals surface area contributed by atoms with Crippen LogP contribution < -0.4 is 0 Å². The molecule has 8 heavy (non-hydrogen) atoms. The molecule has 44 valence electrons. The molecule has 0 aliphatic carbocycles. The summed E-state index contributed by atoms with van der Waals surface area (Å²) in [5.41, 5.74) is 0. The van der Waals surface area contributed by atoms with Crippen molar-refractivity contribution < 1.29 is 5.11 Å². The molecule has 0 aromatic heterocycles. The van der Waals surface area contributed by atoms with Gasteiger partial charge in [0.15, 0.2) is 0 Å². The fraction of sp³-hybridized carbons (Fsp3) is 0.429. The molecule has 0 radical (unpaired) electrons. The van der Waals surface area contributed by atoms with Gasteiger partial charge in [0.2, 0.25) is 0 Å². The molecule has 1 heteroatoms. The van der Waals surface area contributed by atoms with E-state index in [1.54, 1.807) is 6.08 Å². The van der Waals surface area contributed by atoms with Crippen molar-refractivity contribution in [3.8, 4) is 11.8 Å². The predicted molar refractivity (Wildman–Crippen MR) is 34.3 cm³/mol. The van der Waals surface area contributed by atoms with E-state index in [1.165, 1.54) is 0 Å². The molecular formula is C7H10O. The molecule has 0 unspecified atom stereocenters. The Morgan fingerprint density at radius 1 is 1.62 bits per heavy atom. The Bertz CT molecular complexity index is 114. The molecule has 0 saturated carbocycles. The summed E-state index contributed by atoms with van der Waals surface area (Å²) < 4.78 is 0. The van der Waals surface area contributed by atoms with Crippen molar-refractivity contribution >= 4 is 0 Å². The van der Waals surface area contributed by atoms with Crippen LogP contribution in [0.25, 0.3) is 0 Å². The van der Waals surface area contributed by atoms with Gasteiger partial charge in [-0.25, -0.2) is 0 Å². The summed E-state index contributed by atoms with van der Waals surface area (Å²) in [5, 5.41) is 8.24. The first-order chi connectivity index (χ1) is 3.91. The first kappa shape index (κ1) is 7.26. The molecule has 0 atom stereocenters. The lowest BCUT2D eigenvalue weighted by atomic mass is 10.4. The van der Waals surface area contributed by atoms with Gasteiger partial charge in [-0.15, -0.1) is 0 Å². The van der Waals surface area contributed by atoms with Gasteiger partial charge in [0.25, 0.3) is 0 Å². The lowest BCUT2D eigenvalue weighted by molar-refractivity contribution is 0.305. The average molecular weight is 110 g/mol. The standard InChI is InChI=1S/C7H10O/c1-2-3-4-5-6-7-8/h2-3,8H,6-7H2,1H3. The summed E-state index contributed by atoms with van der Waals surface area (Å²) in [4.78, 5) is 0. The van der Waals surface area contributed by atoms with Crippen molar-refractivity contribution in [2.75, 3.05) is 6.61 Å². The third-order valence-corrected chi connectivity index (χ3v) is 0.589. The SMILES string of the molecule is CC=CC#CCCO. The number of allylic oxidation sites excluding steroid dienone is 2. The maximum atomic E-state index is 8.24. The molecule has 0 aliphatic heterocycles. The maximum Gasteiger partial charge on any atom is 0.0540 e. The van der Waals surface area contributed by atoms with Gasteiger partial charge in [0, 0.05) is 6.42 Å². The van der Waals surface area contributed by atoms with E-state index in [0.29, 0.717) is 6.42 Å². The number of hydrogen-bond donors (Lipinski definition) is 1. The summed E-state index contributed by atoms with van der Waals surface area (Å²) in [7, 11) is 0. The van der Waals surface area contributed by atoms with Crippen LogP contribution in [0, 0.1) is 11.8 Å². The fourth-order valence-electron chi connectivity index (χ4n) is 0.270.